The van der Waals surface area contributed by atoms with Gasteiger partial charge in [0.2, 0.25) is 0 Å². The fraction of sp³-hybridized carbons (Fsp3) is 0.357. The van der Waals surface area contributed by atoms with Crippen molar-refractivity contribution in [3.63, 3.8) is 0 Å². The van der Waals surface area contributed by atoms with E-state index in [1.165, 1.54) is 0 Å². The van der Waals surface area contributed by atoms with E-state index < -0.39 is 17.7 Å². The molecule has 0 fully saturated rings. The molecule has 0 saturated carbocycles. The lowest BCUT2D eigenvalue weighted by atomic mass is 9.90. The summed E-state index contributed by atoms with van der Waals surface area (Å²) in [6.45, 7) is 5.54. The summed E-state index contributed by atoms with van der Waals surface area (Å²) in [6, 6.07) is 29.4. The molecule has 0 unspecified atom stereocenters. The van der Waals surface area contributed by atoms with Crippen LogP contribution in [0.4, 0.5) is 0 Å². The maximum Gasteiger partial charge on any atom is 0.0973 e. The molecule has 0 aliphatic heterocycles. The molecule has 0 aromatic heterocycles. The predicted octanol–water partition coefficient (Wildman–Crippen LogP) is 6.85. The second-order valence-corrected chi connectivity index (χ2v) is 8.43. The SMILES string of the molecule is CC[C@](C)(OCc1ccccc1)[C@H](OCc1ccccc1)[C@@H](COCc1ccccc1)N=[N+]=[N-]. The van der Waals surface area contributed by atoms with Gasteiger partial charge in [0.25, 0.3) is 0 Å². The quantitative estimate of drug-likeness (QED) is 0.150. The minimum absolute atomic E-state index is 0.225. The summed E-state index contributed by atoms with van der Waals surface area (Å²) in [5, 5.41) is 4.09. The first-order valence-electron chi connectivity index (χ1n) is 11.6. The Labute approximate surface area is 202 Å². The van der Waals surface area contributed by atoms with E-state index in [0.29, 0.717) is 26.2 Å². The summed E-state index contributed by atoms with van der Waals surface area (Å²) in [6.07, 6.45) is 0.170. The summed E-state index contributed by atoms with van der Waals surface area (Å²) < 4.78 is 18.8. The van der Waals surface area contributed by atoms with E-state index in [4.69, 9.17) is 14.2 Å². The van der Waals surface area contributed by atoms with Crippen molar-refractivity contribution >= 4 is 0 Å². The average Bonchev–Trinajstić information content (AvgIpc) is 2.89. The minimum Gasteiger partial charge on any atom is -0.376 e. The van der Waals surface area contributed by atoms with Crippen molar-refractivity contribution in [2.75, 3.05) is 6.61 Å². The van der Waals surface area contributed by atoms with Crippen LogP contribution in [0.2, 0.25) is 0 Å². The highest BCUT2D eigenvalue weighted by Crippen LogP contribution is 2.29. The number of benzene rings is 3. The maximum atomic E-state index is 9.34. The fourth-order valence-electron chi connectivity index (χ4n) is 3.78. The van der Waals surface area contributed by atoms with Gasteiger partial charge >= 0.3 is 0 Å². The largest absolute Gasteiger partial charge is 0.376 e. The van der Waals surface area contributed by atoms with Gasteiger partial charge in [-0.3, -0.25) is 0 Å². The van der Waals surface area contributed by atoms with Gasteiger partial charge in [-0.15, -0.1) is 0 Å². The molecule has 6 heteroatoms. The molecule has 0 radical (unpaired) electrons. The van der Waals surface area contributed by atoms with Gasteiger partial charge in [0, 0.05) is 4.91 Å². The molecule has 3 aromatic carbocycles. The molecule has 0 amide bonds. The van der Waals surface area contributed by atoms with E-state index in [0.717, 1.165) is 16.7 Å². The standard InChI is InChI=1S/C28H33N3O3/c1-3-28(2,34-21-25-17-11-6-12-18-25)27(33-20-24-15-9-5-10-16-24)26(30-31-29)22-32-19-23-13-7-4-8-14-23/h4-18,26-27H,3,19-22H2,1-2H3/t26-,27-,28+/m1/s1. The highest BCUT2D eigenvalue weighted by molar-refractivity contribution is 5.15. The van der Waals surface area contributed by atoms with Gasteiger partial charge in [0.1, 0.15) is 0 Å². The summed E-state index contributed by atoms with van der Waals surface area (Å²) in [4.78, 5) is 3.11. The number of nitrogens with zero attached hydrogens (tertiary/aromatic N) is 3. The Morgan fingerprint density at radius 1 is 0.794 bits per heavy atom. The molecule has 0 aliphatic rings. The zero-order chi connectivity index (χ0) is 24.1. The van der Waals surface area contributed by atoms with Crippen LogP contribution >= 0.6 is 0 Å². The third-order valence-electron chi connectivity index (χ3n) is 5.94. The van der Waals surface area contributed by atoms with Gasteiger partial charge in [-0.25, -0.2) is 0 Å². The number of rotatable bonds is 14. The van der Waals surface area contributed by atoms with Crippen molar-refractivity contribution in [1.82, 2.24) is 0 Å². The summed E-state index contributed by atoms with van der Waals surface area (Å²) >= 11 is 0. The first kappa shape index (κ1) is 25.5. The lowest BCUT2D eigenvalue weighted by Crippen LogP contribution is -2.50. The molecule has 3 atom stereocenters. The summed E-state index contributed by atoms with van der Waals surface area (Å²) in [5.41, 5.74) is 11.8. The Balaban J connectivity index is 1.78. The molecular weight excluding hydrogens is 426 g/mol. The Bertz CT molecular complexity index is 1010. The molecule has 0 bridgehead atoms. The number of hydrogen-bond donors (Lipinski definition) is 0. The highest BCUT2D eigenvalue weighted by atomic mass is 16.6. The predicted molar refractivity (Wildman–Crippen MR) is 134 cm³/mol. The zero-order valence-corrected chi connectivity index (χ0v) is 19.9. The highest BCUT2D eigenvalue weighted by Gasteiger charge is 2.40. The smallest absolute Gasteiger partial charge is 0.0973 e. The molecule has 0 saturated heterocycles. The van der Waals surface area contributed by atoms with E-state index in [9.17, 15) is 5.53 Å². The van der Waals surface area contributed by atoms with E-state index in [1.54, 1.807) is 0 Å². The van der Waals surface area contributed by atoms with Gasteiger partial charge in [0.05, 0.1) is 44.2 Å². The summed E-state index contributed by atoms with van der Waals surface area (Å²) in [7, 11) is 0. The molecule has 3 aromatic rings. The Hall–Kier alpha value is -3.15. The van der Waals surface area contributed by atoms with Crippen molar-refractivity contribution in [2.24, 2.45) is 5.11 Å². The number of hydrogen-bond acceptors (Lipinski definition) is 4. The molecule has 0 N–H and O–H groups in total. The minimum atomic E-state index is -0.695. The molecule has 0 aliphatic carbocycles. The van der Waals surface area contributed by atoms with E-state index in [-0.39, 0.29) is 6.61 Å². The van der Waals surface area contributed by atoms with Gasteiger partial charge in [-0.05, 0) is 35.6 Å². The maximum absolute atomic E-state index is 9.34. The van der Waals surface area contributed by atoms with Crippen LogP contribution < -0.4 is 0 Å². The van der Waals surface area contributed by atoms with Gasteiger partial charge < -0.3 is 14.2 Å². The van der Waals surface area contributed by atoms with Crippen LogP contribution in [0.25, 0.3) is 10.4 Å². The third kappa shape index (κ3) is 7.72. The molecule has 3 rings (SSSR count). The van der Waals surface area contributed by atoms with Crippen molar-refractivity contribution in [2.45, 2.75) is 57.8 Å². The van der Waals surface area contributed by atoms with Gasteiger partial charge in [-0.1, -0.05) is 103 Å². The molecule has 0 heterocycles. The Morgan fingerprint density at radius 3 is 1.79 bits per heavy atom. The first-order valence-corrected chi connectivity index (χ1v) is 11.6. The summed E-state index contributed by atoms with van der Waals surface area (Å²) in [5.74, 6) is 0. The Morgan fingerprint density at radius 2 is 1.29 bits per heavy atom. The normalized spacial score (nSPS) is 14.5. The number of ether oxygens (including phenoxy) is 3. The lowest BCUT2D eigenvalue weighted by molar-refractivity contribution is -0.163. The molecular formula is C28H33N3O3. The Kier molecular flexibility index (Phi) is 10.1. The zero-order valence-electron chi connectivity index (χ0n) is 19.9. The van der Waals surface area contributed by atoms with Crippen LogP contribution in [0.15, 0.2) is 96.1 Å². The first-order chi connectivity index (χ1) is 16.6. The van der Waals surface area contributed by atoms with Crippen LogP contribution in [0.3, 0.4) is 0 Å². The van der Waals surface area contributed by atoms with E-state index in [1.807, 2.05) is 97.9 Å². The third-order valence-corrected chi connectivity index (χ3v) is 5.94. The average molecular weight is 460 g/mol. The van der Waals surface area contributed by atoms with Gasteiger partial charge in [0.15, 0.2) is 0 Å². The monoisotopic (exact) mass is 459 g/mol. The van der Waals surface area contributed by atoms with Crippen LogP contribution in [0.5, 0.6) is 0 Å². The molecule has 34 heavy (non-hydrogen) atoms. The topological polar surface area (TPSA) is 76.5 Å². The van der Waals surface area contributed by atoms with Crippen molar-refractivity contribution in [3.05, 3.63) is 118 Å². The van der Waals surface area contributed by atoms with E-state index >= 15 is 0 Å². The molecule has 0 spiro atoms. The van der Waals surface area contributed by atoms with Crippen molar-refractivity contribution < 1.29 is 14.2 Å². The molecule has 178 valence electrons. The van der Waals surface area contributed by atoms with E-state index in [2.05, 4.69) is 16.9 Å². The number of azide groups is 1. The van der Waals surface area contributed by atoms with Crippen LogP contribution in [-0.2, 0) is 34.0 Å². The van der Waals surface area contributed by atoms with Gasteiger partial charge in [-0.2, -0.15) is 0 Å². The second-order valence-electron chi connectivity index (χ2n) is 8.43. The van der Waals surface area contributed by atoms with Crippen molar-refractivity contribution in [1.29, 1.82) is 0 Å². The fourth-order valence-corrected chi connectivity index (χ4v) is 3.78. The second kappa shape index (κ2) is 13.5. The van der Waals surface area contributed by atoms with Crippen LogP contribution in [-0.4, -0.2) is 24.4 Å². The van der Waals surface area contributed by atoms with Crippen LogP contribution in [0, 0.1) is 0 Å². The lowest BCUT2D eigenvalue weighted by Gasteiger charge is -2.40. The van der Waals surface area contributed by atoms with Crippen molar-refractivity contribution in [3.8, 4) is 0 Å². The molecule has 6 nitrogen and oxygen atoms in total. The van der Waals surface area contributed by atoms with Crippen LogP contribution in [0.1, 0.15) is 37.0 Å².